The van der Waals surface area contributed by atoms with E-state index >= 15 is 0 Å². The van der Waals surface area contributed by atoms with E-state index in [0.717, 1.165) is 47.7 Å². The molecule has 1 fully saturated rings. The summed E-state index contributed by atoms with van der Waals surface area (Å²) in [5.74, 6) is 0.475. The zero-order valence-corrected chi connectivity index (χ0v) is 19.8. The van der Waals surface area contributed by atoms with Gasteiger partial charge in [0.05, 0.1) is 17.9 Å². The van der Waals surface area contributed by atoms with Crippen molar-refractivity contribution in [1.29, 1.82) is 0 Å². The molecule has 9 nitrogen and oxygen atoms in total. The SMILES string of the molecule is CCOC(=O)c1ccc2cc(-c3nc(-c4nnco4)c(C4CCC(C)(N)CC4)nc3N)ccc2c1. The molecule has 0 spiro atoms. The van der Waals surface area contributed by atoms with E-state index < -0.39 is 0 Å². The van der Waals surface area contributed by atoms with Crippen molar-refractivity contribution in [2.24, 2.45) is 5.73 Å². The number of fused-ring (bicyclic) bond motifs is 1. The van der Waals surface area contributed by atoms with Crippen LogP contribution in [0.1, 0.15) is 61.5 Å². The van der Waals surface area contributed by atoms with Gasteiger partial charge in [-0.05, 0) is 68.5 Å². The van der Waals surface area contributed by atoms with Crippen molar-refractivity contribution in [2.45, 2.75) is 51.0 Å². The molecule has 4 N–H and O–H groups in total. The zero-order chi connectivity index (χ0) is 24.6. The van der Waals surface area contributed by atoms with E-state index in [4.69, 9.17) is 30.6 Å². The minimum atomic E-state index is -0.342. The highest BCUT2D eigenvalue weighted by Crippen LogP contribution is 2.40. The van der Waals surface area contributed by atoms with E-state index in [1.54, 1.807) is 13.0 Å². The number of aromatic nitrogens is 4. The molecule has 1 aliphatic carbocycles. The highest BCUT2D eigenvalue weighted by molar-refractivity contribution is 5.96. The number of nitrogens with two attached hydrogens (primary N) is 2. The van der Waals surface area contributed by atoms with Crippen molar-refractivity contribution in [2.75, 3.05) is 12.3 Å². The number of carbonyl (C=O) groups excluding carboxylic acids is 1. The lowest BCUT2D eigenvalue weighted by molar-refractivity contribution is 0.0526. The number of anilines is 1. The average molecular weight is 473 g/mol. The Balaban J connectivity index is 1.55. The predicted molar refractivity (Wildman–Crippen MR) is 132 cm³/mol. The van der Waals surface area contributed by atoms with E-state index in [-0.39, 0.29) is 17.4 Å². The Hall–Kier alpha value is -3.85. The lowest BCUT2D eigenvalue weighted by Crippen LogP contribution is -2.39. The van der Waals surface area contributed by atoms with Gasteiger partial charge in [-0.3, -0.25) is 0 Å². The van der Waals surface area contributed by atoms with E-state index in [0.29, 0.717) is 35.3 Å². The summed E-state index contributed by atoms with van der Waals surface area (Å²) in [7, 11) is 0. The van der Waals surface area contributed by atoms with Crippen LogP contribution in [0.25, 0.3) is 33.6 Å². The molecule has 1 saturated carbocycles. The summed E-state index contributed by atoms with van der Waals surface area (Å²) in [6.45, 7) is 4.20. The molecule has 2 aromatic heterocycles. The Labute approximate surface area is 202 Å². The minimum absolute atomic E-state index is 0.162. The Morgan fingerprint density at radius 2 is 1.86 bits per heavy atom. The molecule has 180 valence electrons. The molecule has 0 amide bonds. The average Bonchev–Trinajstić information content (AvgIpc) is 3.38. The Morgan fingerprint density at radius 1 is 1.11 bits per heavy atom. The van der Waals surface area contributed by atoms with Crippen LogP contribution < -0.4 is 11.5 Å². The largest absolute Gasteiger partial charge is 0.462 e. The normalized spacial score (nSPS) is 20.1. The van der Waals surface area contributed by atoms with Gasteiger partial charge in [0.15, 0.2) is 0 Å². The molecule has 2 heterocycles. The molecule has 0 bridgehead atoms. The van der Waals surface area contributed by atoms with Gasteiger partial charge in [0, 0.05) is 17.0 Å². The maximum Gasteiger partial charge on any atom is 0.338 e. The van der Waals surface area contributed by atoms with Crippen molar-refractivity contribution in [3.8, 4) is 22.8 Å². The molecule has 9 heteroatoms. The number of nitrogens with zero attached hydrogens (tertiary/aromatic N) is 4. The van der Waals surface area contributed by atoms with Crippen LogP contribution in [-0.2, 0) is 4.74 Å². The summed E-state index contributed by atoms with van der Waals surface area (Å²) >= 11 is 0. The fraction of sp³-hybridized carbons (Fsp3) is 0.346. The van der Waals surface area contributed by atoms with Gasteiger partial charge >= 0.3 is 5.97 Å². The van der Waals surface area contributed by atoms with Crippen LogP contribution >= 0.6 is 0 Å². The van der Waals surface area contributed by atoms with Crippen molar-refractivity contribution in [3.63, 3.8) is 0 Å². The second-order valence-electron chi connectivity index (χ2n) is 9.36. The molecular weight excluding hydrogens is 444 g/mol. The number of esters is 1. The molecule has 2 aromatic carbocycles. The Kier molecular flexibility index (Phi) is 5.94. The molecule has 5 rings (SSSR count). The van der Waals surface area contributed by atoms with Crippen LogP contribution in [0.2, 0.25) is 0 Å². The van der Waals surface area contributed by atoms with Crippen molar-refractivity contribution >= 4 is 22.6 Å². The highest BCUT2D eigenvalue weighted by atomic mass is 16.5. The number of hydrogen-bond acceptors (Lipinski definition) is 9. The fourth-order valence-electron chi connectivity index (χ4n) is 4.68. The topological polar surface area (TPSA) is 143 Å². The van der Waals surface area contributed by atoms with Gasteiger partial charge < -0.3 is 20.6 Å². The number of rotatable bonds is 5. The second-order valence-corrected chi connectivity index (χ2v) is 9.36. The molecule has 0 radical (unpaired) electrons. The molecule has 0 atom stereocenters. The predicted octanol–water partition coefficient (Wildman–Crippen LogP) is 4.48. The summed E-state index contributed by atoms with van der Waals surface area (Å²) in [4.78, 5) is 21.8. The van der Waals surface area contributed by atoms with Gasteiger partial charge in [0.25, 0.3) is 5.89 Å². The quantitative estimate of drug-likeness (QED) is 0.402. The molecule has 0 saturated heterocycles. The van der Waals surface area contributed by atoms with E-state index in [1.165, 1.54) is 6.39 Å². The van der Waals surface area contributed by atoms with Crippen LogP contribution in [0.15, 0.2) is 47.2 Å². The maximum atomic E-state index is 12.1. The Morgan fingerprint density at radius 3 is 2.57 bits per heavy atom. The fourth-order valence-corrected chi connectivity index (χ4v) is 4.68. The first-order valence-corrected chi connectivity index (χ1v) is 11.8. The van der Waals surface area contributed by atoms with Gasteiger partial charge in [-0.25, -0.2) is 14.8 Å². The minimum Gasteiger partial charge on any atom is -0.462 e. The Bertz CT molecular complexity index is 1370. The summed E-state index contributed by atoms with van der Waals surface area (Å²) in [5, 5.41) is 9.78. The summed E-state index contributed by atoms with van der Waals surface area (Å²) < 4.78 is 10.6. The van der Waals surface area contributed by atoms with Gasteiger partial charge in [-0.1, -0.05) is 18.2 Å². The maximum absolute atomic E-state index is 12.1. The van der Waals surface area contributed by atoms with Gasteiger partial charge in [-0.15, -0.1) is 10.2 Å². The van der Waals surface area contributed by atoms with Gasteiger partial charge in [-0.2, -0.15) is 0 Å². The molecule has 4 aromatic rings. The third kappa shape index (κ3) is 4.59. The summed E-state index contributed by atoms with van der Waals surface area (Å²) in [6.07, 6.45) is 4.85. The molecule has 1 aliphatic rings. The lowest BCUT2D eigenvalue weighted by Gasteiger charge is -2.34. The molecule has 0 aliphatic heterocycles. The first-order chi connectivity index (χ1) is 16.8. The third-order valence-electron chi connectivity index (χ3n) is 6.65. The second kappa shape index (κ2) is 9.07. The van der Waals surface area contributed by atoms with E-state index in [1.807, 2.05) is 30.3 Å². The van der Waals surface area contributed by atoms with Gasteiger partial charge in [0.2, 0.25) is 6.39 Å². The van der Waals surface area contributed by atoms with Crippen LogP contribution in [0.5, 0.6) is 0 Å². The van der Waals surface area contributed by atoms with Crippen molar-refractivity contribution < 1.29 is 13.9 Å². The first kappa shape index (κ1) is 22.9. The number of nitrogen functional groups attached to an aromatic ring is 1. The smallest absolute Gasteiger partial charge is 0.338 e. The van der Waals surface area contributed by atoms with E-state index in [2.05, 4.69) is 17.1 Å². The van der Waals surface area contributed by atoms with E-state index in [9.17, 15) is 4.79 Å². The standard InChI is InChI=1S/C26H28N6O3/c1-3-34-25(33)19-7-5-16-12-18(6-4-17(16)13-19)21-23(27)31-20(15-8-10-26(2,28)11-9-15)22(30-21)24-32-29-14-35-24/h4-7,12-15H,3,8-11,28H2,1-2H3,(H2,27,31). The number of ether oxygens (including phenoxy) is 1. The summed E-state index contributed by atoms with van der Waals surface area (Å²) in [6, 6.07) is 11.3. The summed E-state index contributed by atoms with van der Waals surface area (Å²) in [5.41, 5.74) is 15.8. The van der Waals surface area contributed by atoms with Crippen molar-refractivity contribution in [3.05, 3.63) is 54.0 Å². The number of hydrogen-bond donors (Lipinski definition) is 2. The van der Waals surface area contributed by atoms with Crippen LogP contribution in [-0.4, -0.2) is 38.3 Å². The number of benzene rings is 2. The van der Waals surface area contributed by atoms with Gasteiger partial charge in [0.1, 0.15) is 17.2 Å². The van der Waals surface area contributed by atoms with Crippen molar-refractivity contribution in [1.82, 2.24) is 20.2 Å². The lowest BCUT2D eigenvalue weighted by atomic mass is 9.76. The zero-order valence-electron chi connectivity index (χ0n) is 19.8. The highest BCUT2D eigenvalue weighted by Gasteiger charge is 2.32. The third-order valence-corrected chi connectivity index (χ3v) is 6.65. The first-order valence-electron chi connectivity index (χ1n) is 11.8. The van der Waals surface area contributed by atoms with Crippen LogP contribution in [0.3, 0.4) is 0 Å². The molecule has 0 unspecified atom stereocenters. The number of carbonyl (C=O) groups is 1. The monoisotopic (exact) mass is 472 g/mol. The van der Waals surface area contributed by atoms with Crippen LogP contribution in [0.4, 0.5) is 5.82 Å². The molecule has 35 heavy (non-hydrogen) atoms. The molecular formula is C26H28N6O3. The van der Waals surface area contributed by atoms with Crippen LogP contribution in [0, 0.1) is 0 Å².